The number of aliphatic imine (C=N–C) groups is 1. The Morgan fingerprint density at radius 3 is 2.45 bits per heavy atom. The van der Waals surface area contributed by atoms with E-state index in [1.165, 1.54) is 0 Å². The first kappa shape index (κ1) is 24.8. The molecule has 178 valence electrons. The zero-order valence-corrected chi connectivity index (χ0v) is 21.3. The molecule has 1 amide bonds. The molecule has 1 fully saturated rings. The van der Waals surface area contributed by atoms with Crippen LogP contribution >= 0.6 is 11.6 Å². The van der Waals surface area contributed by atoms with Crippen LogP contribution in [-0.4, -0.2) is 47.8 Å². The smallest absolute Gasteiger partial charge is 0.253 e. The highest BCUT2D eigenvalue weighted by Gasteiger charge is 2.38. The Kier molecular flexibility index (Phi) is 6.93. The second kappa shape index (κ2) is 9.21. The predicted octanol–water partition coefficient (Wildman–Crippen LogP) is 3.55. The molecule has 7 nitrogen and oxygen atoms in total. The lowest BCUT2D eigenvalue weighted by Crippen LogP contribution is -2.62. The van der Waals surface area contributed by atoms with E-state index in [2.05, 4.69) is 14.9 Å². The third-order valence-electron chi connectivity index (χ3n) is 6.24. The van der Waals surface area contributed by atoms with Gasteiger partial charge >= 0.3 is 0 Å². The molecule has 0 unspecified atom stereocenters. The van der Waals surface area contributed by atoms with Crippen LogP contribution in [0.4, 0.5) is 5.69 Å². The maximum absolute atomic E-state index is 12.5. The molecule has 1 aliphatic rings. The van der Waals surface area contributed by atoms with Crippen LogP contribution in [0.15, 0.2) is 28.0 Å². The molecule has 1 aromatic carbocycles. The van der Waals surface area contributed by atoms with Gasteiger partial charge in [-0.05, 0) is 50.1 Å². The molecule has 0 radical (unpaired) electrons. The average molecular weight is 472 g/mol. The molecule has 1 aliphatic heterocycles. The van der Waals surface area contributed by atoms with Crippen LogP contribution in [0.5, 0.6) is 0 Å². The van der Waals surface area contributed by atoms with Crippen LogP contribution in [0.1, 0.15) is 48.7 Å². The third kappa shape index (κ3) is 5.24. The van der Waals surface area contributed by atoms with Gasteiger partial charge in [0.2, 0.25) is 5.91 Å². The summed E-state index contributed by atoms with van der Waals surface area (Å²) in [6.07, 6.45) is 0. The number of nitrogens with two attached hydrogens (primary N) is 1. The van der Waals surface area contributed by atoms with Crippen molar-refractivity contribution in [3.05, 3.63) is 61.5 Å². The van der Waals surface area contributed by atoms with E-state index in [1.54, 1.807) is 6.07 Å². The van der Waals surface area contributed by atoms with Gasteiger partial charge in [-0.25, -0.2) is 0 Å². The number of rotatable bonds is 5. The zero-order valence-electron chi connectivity index (χ0n) is 20.5. The Labute approximate surface area is 200 Å². The summed E-state index contributed by atoms with van der Waals surface area (Å²) in [5, 5.41) is 0.557. The number of hydrogen-bond acceptors (Lipinski definition) is 4. The van der Waals surface area contributed by atoms with Crippen molar-refractivity contribution < 1.29 is 4.79 Å². The second-order valence-corrected chi connectivity index (χ2v) is 10.4. The van der Waals surface area contributed by atoms with Gasteiger partial charge in [-0.3, -0.25) is 14.6 Å². The summed E-state index contributed by atoms with van der Waals surface area (Å²) in [6.45, 7) is 13.1. The molecule has 1 saturated heterocycles. The summed E-state index contributed by atoms with van der Waals surface area (Å²) >= 11 is 6.44. The standard InChI is InChI=1S/C25H34ClN5O2/c1-14-8-15(2)29-23(32)20(14)11-28-22(27)19-9-17(26)10-21(16(19)3)30(7)18-12-31(13-18)24(33)25(4,5)6/h8-10,18H,11-13H2,1-7H3,(H2,27,28)(H,29,32). The predicted molar refractivity (Wildman–Crippen MR) is 135 cm³/mol. The number of H-pyrrole nitrogens is 1. The Bertz CT molecular complexity index is 1160. The molecule has 0 bridgehead atoms. The van der Waals surface area contributed by atoms with E-state index in [0.717, 1.165) is 28.1 Å². The number of aryl methyl sites for hydroxylation is 2. The van der Waals surface area contributed by atoms with Crippen LogP contribution in [0, 0.1) is 26.2 Å². The van der Waals surface area contributed by atoms with Crippen LogP contribution in [0.3, 0.4) is 0 Å². The Balaban J connectivity index is 1.82. The largest absolute Gasteiger partial charge is 0.383 e. The van der Waals surface area contributed by atoms with Crippen molar-refractivity contribution in [3.8, 4) is 0 Å². The molecule has 0 spiro atoms. The first-order valence-electron chi connectivity index (χ1n) is 11.1. The van der Waals surface area contributed by atoms with Gasteiger partial charge in [-0.1, -0.05) is 32.4 Å². The minimum absolute atomic E-state index is 0.147. The van der Waals surface area contributed by atoms with Crippen molar-refractivity contribution in [1.82, 2.24) is 9.88 Å². The number of pyridine rings is 1. The quantitative estimate of drug-likeness (QED) is 0.515. The van der Waals surface area contributed by atoms with E-state index in [9.17, 15) is 9.59 Å². The monoisotopic (exact) mass is 471 g/mol. The first-order valence-corrected chi connectivity index (χ1v) is 11.5. The number of benzene rings is 1. The van der Waals surface area contributed by atoms with Gasteiger partial charge in [0.25, 0.3) is 5.56 Å². The maximum atomic E-state index is 12.5. The Hall–Kier alpha value is -2.80. The molecule has 0 atom stereocenters. The lowest BCUT2D eigenvalue weighted by Gasteiger charge is -2.47. The van der Waals surface area contributed by atoms with Crippen molar-refractivity contribution >= 4 is 29.0 Å². The number of aromatic nitrogens is 1. The van der Waals surface area contributed by atoms with Crippen LogP contribution in [0.2, 0.25) is 5.02 Å². The third-order valence-corrected chi connectivity index (χ3v) is 6.46. The molecule has 2 heterocycles. The zero-order chi connectivity index (χ0) is 24.7. The maximum Gasteiger partial charge on any atom is 0.253 e. The van der Waals surface area contributed by atoms with Crippen LogP contribution < -0.4 is 16.2 Å². The van der Waals surface area contributed by atoms with Gasteiger partial charge in [-0.15, -0.1) is 0 Å². The summed E-state index contributed by atoms with van der Waals surface area (Å²) in [5.41, 5.74) is 10.8. The summed E-state index contributed by atoms with van der Waals surface area (Å²) in [6, 6.07) is 5.84. The highest BCUT2D eigenvalue weighted by Crippen LogP contribution is 2.32. The molecule has 0 saturated carbocycles. The normalized spacial score (nSPS) is 14.9. The SMILES string of the molecule is Cc1cc(C)c(CN=C(N)c2cc(Cl)cc(N(C)C3CN(C(=O)C(C)(C)C)C3)c2C)c(=O)[nH]1. The number of likely N-dealkylation sites (tertiary alicyclic amines) is 1. The second-order valence-electron chi connectivity index (χ2n) is 9.97. The minimum atomic E-state index is -0.384. The van der Waals surface area contributed by atoms with E-state index >= 15 is 0 Å². The fourth-order valence-electron chi connectivity index (χ4n) is 4.16. The van der Waals surface area contributed by atoms with Crippen molar-refractivity contribution in [2.75, 3.05) is 25.0 Å². The number of aromatic amines is 1. The van der Waals surface area contributed by atoms with E-state index in [4.69, 9.17) is 17.3 Å². The van der Waals surface area contributed by atoms with Gasteiger partial charge in [0.15, 0.2) is 0 Å². The van der Waals surface area contributed by atoms with Crippen LogP contribution in [0.25, 0.3) is 0 Å². The van der Waals surface area contributed by atoms with Crippen LogP contribution in [-0.2, 0) is 11.3 Å². The van der Waals surface area contributed by atoms with Gasteiger partial charge < -0.3 is 20.5 Å². The highest BCUT2D eigenvalue weighted by molar-refractivity contribution is 6.31. The summed E-state index contributed by atoms with van der Waals surface area (Å²) in [4.78, 5) is 36.2. The number of anilines is 1. The van der Waals surface area contributed by atoms with Gasteiger partial charge in [0.1, 0.15) is 5.84 Å². The lowest BCUT2D eigenvalue weighted by atomic mass is 9.92. The molecular formula is C25H34ClN5O2. The van der Waals surface area contributed by atoms with E-state index in [-0.39, 0.29) is 29.5 Å². The van der Waals surface area contributed by atoms with Gasteiger partial charge in [-0.2, -0.15) is 0 Å². The molecule has 33 heavy (non-hydrogen) atoms. The fraction of sp³-hybridized carbons (Fsp3) is 0.480. The number of carbonyl (C=O) groups excluding carboxylic acids is 1. The molecular weight excluding hydrogens is 438 g/mol. The number of amides is 1. The number of amidine groups is 1. The number of nitrogens with zero attached hydrogens (tertiary/aromatic N) is 3. The van der Waals surface area contributed by atoms with Gasteiger partial charge in [0.05, 0.1) is 12.6 Å². The van der Waals surface area contributed by atoms with Crippen molar-refractivity contribution in [2.24, 2.45) is 16.1 Å². The average Bonchev–Trinajstić information content (AvgIpc) is 2.66. The number of hydrogen-bond donors (Lipinski definition) is 2. The van der Waals surface area contributed by atoms with Gasteiger partial charge in [0, 0.05) is 53.1 Å². The topological polar surface area (TPSA) is 94.8 Å². The van der Waals surface area contributed by atoms with E-state index < -0.39 is 0 Å². The summed E-state index contributed by atoms with van der Waals surface area (Å²) in [5.74, 6) is 0.496. The molecule has 0 aliphatic carbocycles. The first-order chi connectivity index (χ1) is 15.3. The molecule has 3 rings (SSSR count). The number of nitrogens with one attached hydrogen (secondary N) is 1. The summed E-state index contributed by atoms with van der Waals surface area (Å²) in [7, 11) is 2.01. The Morgan fingerprint density at radius 2 is 1.88 bits per heavy atom. The molecule has 1 aromatic heterocycles. The summed E-state index contributed by atoms with van der Waals surface area (Å²) < 4.78 is 0. The number of halogens is 1. The fourth-order valence-corrected chi connectivity index (χ4v) is 4.37. The van der Waals surface area contributed by atoms with E-state index in [1.807, 2.05) is 65.6 Å². The Morgan fingerprint density at radius 1 is 1.24 bits per heavy atom. The lowest BCUT2D eigenvalue weighted by molar-refractivity contribution is -0.143. The highest BCUT2D eigenvalue weighted by atomic mass is 35.5. The van der Waals surface area contributed by atoms with Crippen molar-refractivity contribution in [1.29, 1.82) is 0 Å². The van der Waals surface area contributed by atoms with Crippen molar-refractivity contribution in [3.63, 3.8) is 0 Å². The van der Waals surface area contributed by atoms with E-state index in [0.29, 0.717) is 29.5 Å². The number of carbonyl (C=O) groups is 1. The minimum Gasteiger partial charge on any atom is -0.383 e. The molecule has 2 aromatic rings. The number of likely N-dealkylation sites (N-methyl/N-ethyl adjacent to an activating group) is 1. The van der Waals surface area contributed by atoms with Crippen molar-refractivity contribution in [2.45, 2.75) is 54.1 Å². The molecule has 3 N–H and O–H groups in total. The molecule has 8 heteroatoms.